The number of hydrogen-bond acceptors (Lipinski definition) is 7. The Morgan fingerprint density at radius 1 is 1.20 bits per heavy atom. The number of nitrogens with zero attached hydrogens (tertiary/aromatic N) is 6. The monoisotopic (exact) mass is 567 g/mol. The standard InChI is InChI=1S/C31H28ClFN8/c1-3-26(19-7-5-4-6-8-19)38-29-20(15-34)16-35-30-24(29)13-21(14-25(30)32)37-31(23-11-12-28(33)36-18(23)2)27-17-41(40-39-27)22-9-10-22/h4-8,11-14,16-17,22,26,31,37H,3,9-10H2,1-2H3,(H,35,38)/t26-,31?/m1/s1/i31D. The summed E-state index contributed by atoms with van der Waals surface area (Å²) >= 11 is 6.78. The van der Waals surface area contributed by atoms with Gasteiger partial charge in [-0.3, -0.25) is 4.98 Å². The molecule has 8 nitrogen and oxygen atoms in total. The number of nitrogens with one attached hydrogen (secondary N) is 2. The number of aryl methyl sites for hydroxylation is 1. The predicted octanol–water partition coefficient (Wildman–Crippen LogP) is 7.29. The van der Waals surface area contributed by atoms with Crippen molar-refractivity contribution >= 4 is 33.9 Å². The zero-order valence-electron chi connectivity index (χ0n) is 23.6. The smallest absolute Gasteiger partial charge is 0.213 e. The Morgan fingerprint density at radius 3 is 2.71 bits per heavy atom. The van der Waals surface area contributed by atoms with Crippen LogP contribution in [0.15, 0.2) is 67.0 Å². The van der Waals surface area contributed by atoms with Crippen molar-refractivity contribution in [1.82, 2.24) is 25.0 Å². The van der Waals surface area contributed by atoms with Gasteiger partial charge in [-0.15, -0.1) is 5.10 Å². The molecule has 1 saturated carbocycles. The molecule has 3 aromatic heterocycles. The first-order chi connectivity index (χ1) is 20.3. The molecule has 0 bridgehead atoms. The summed E-state index contributed by atoms with van der Waals surface area (Å²) in [5.41, 5.74) is 4.14. The van der Waals surface area contributed by atoms with Crippen LogP contribution in [0, 0.1) is 24.2 Å². The molecule has 3 heterocycles. The highest BCUT2D eigenvalue weighted by molar-refractivity contribution is 6.35. The highest BCUT2D eigenvalue weighted by Gasteiger charge is 2.28. The van der Waals surface area contributed by atoms with E-state index in [1.807, 2.05) is 36.4 Å². The largest absolute Gasteiger partial charge is 0.377 e. The third-order valence-corrected chi connectivity index (χ3v) is 7.54. The molecule has 41 heavy (non-hydrogen) atoms. The molecule has 1 aliphatic carbocycles. The molecule has 1 unspecified atom stereocenters. The molecule has 2 atom stereocenters. The van der Waals surface area contributed by atoms with Gasteiger partial charge in [-0.2, -0.15) is 9.65 Å². The van der Waals surface area contributed by atoms with E-state index in [9.17, 15) is 11.0 Å². The lowest BCUT2D eigenvalue weighted by atomic mass is 10.0. The minimum absolute atomic E-state index is 0.0695. The van der Waals surface area contributed by atoms with E-state index in [4.69, 9.17) is 11.6 Å². The first-order valence-corrected chi connectivity index (χ1v) is 13.9. The molecular formula is C31H28ClFN8. The zero-order chi connectivity index (χ0) is 29.4. The maximum absolute atomic E-state index is 14.0. The highest BCUT2D eigenvalue weighted by Crippen LogP contribution is 2.38. The Hall–Kier alpha value is -4.55. The number of anilines is 2. The Balaban J connectivity index is 1.48. The molecule has 0 aliphatic heterocycles. The molecule has 1 fully saturated rings. The third-order valence-electron chi connectivity index (χ3n) is 7.25. The lowest BCUT2D eigenvalue weighted by Crippen LogP contribution is -2.16. The van der Waals surface area contributed by atoms with E-state index in [1.54, 1.807) is 23.9 Å². The van der Waals surface area contributed by atoms with Crippen molar-refractivity contribution in [3.05, 3.63) is 106 Å². The first kappa shape index (κ1) is 25.4. The van der Waals surface area contributed by atoms with Crippen LogP contribution in [0.5, 0.6) is 0 Å². The number of nitriles is 1. The fraction of sp³-hybridized carbons (Fsp3) is 0.258. The molecule has 1 aliphatic rings. The summed E-state index contributed by atoms with van der Waals surface area (Å²) in [4.78, 5) is 8.45. The van der Waals surface area contributed by atoms with E-state index >= 15 is 0 Å². The minimum atomic E-state index is -1.68. The first-order valence-electron chi connectivity index (χ1n) is 14.0. The maximum Gasteiger partial charge on any atom is 0.213 e. The van der Waals surface area contributed by atoms with Crippen LogP contribution in [-0.4, -0.2) is 25.0 Å². The van der Waals surface area contributed by atoms with E-state index in [0.29, 0.717) is 49.8 Å². The normalized spacial score (nSPS) is 15.5. The van der Waals surface area contributed by atoms with Gasteiger partial charge in [0.1, 0.15) is 11.8 Å². The molecule has 10 heteroatoms. The van der Waals surface area contributed by atoms with Gasteiger partial charge in [-0.05, 0) is 49.9 Å². The topological polar surface area (TPSA) is 104 Å². The lowest BCUT2D eigenvalue weighted by molar-refractivity contribution is 0.577. The second-order valence-corrected chi connectivity index (χ2v) is 10.5. The SMILES string of the molecule is [2H]C(Nc1cc(Cl)c2ncc(C#N)c(N[C@H](CC)c3ccccc3)c2c1)(c1cn(C2CC2)nn1)c1ccc(F)nc1C. The van der Waals surface area contributed by atoms with Crippen LogP contribution in [0.1, 0.15) is 73.7 Å². The number of halogens is 2. The highest BCUT2D eigenvalue weighted by atomic mass is 35.5. The van der Waals surface area contributed by atoms with E-state index in [1.165, 1.54) is 18.3 Å². The van der Waals surface area contributed by atoms with E-state index in [0.717, 1.165) is 24.8 Å². The number of fused-ring (bicyclic) bond motifs is 1. The molecule has 0 spiro atoms. The zero-order valence-corrected chi connectivity index (χ0v) is 23.3. The Labute approximate surface area is 243 Å². The van der Waals surface area contributed by atoms with Gasteiger partial charge < -0.3 is 10.6 Å². The van der Waals surface area contributed by atoms with Gasteiger partial charge in [0, 0.05) is 28.5 Å². The lowest BCUT2D eigenvalue weighted by Gasteiger charge is -2.23. The van der Waals surface area contributed by atoms with Crippen LogP contribution in [0.3, 0.4) is 0 Å². The van der Waals surface area contributed by atoms with E-state index in [-0.39, 0.29) is 12.1 Å². The number of pyridine rings is 2. The number of rotatable bonds is 9. The molecular weight excluding hydrogens is 539 g/mol. The number of benzene rings is 2. The second-order valence-electron chi connectivity index (χ2n) is 10.1. The predicted molar refractivity (Wildman–Crippen MR) is 157 cm³/mol. The summed E-state index contributed by atoms with van der Waals surface area (Å²) in [6.45, 7) is 3.73. The second kappa shape index (κ2) is 11.1. The number of aromatic nitrogens is 5. The fourth-order valence-corrected chi connectivity index (χ4v) is 5.24. The van der Waals surface area contributed by atoms with E-state index < -0.39 is 12.0 Å². The van der Waals surface area contributed by atoms with Gasteiger partial charge in [0.2, 0.25) is 5.95 Å². The maximum atomic E-state index is 14.0. The average Bonchev–Trinajstić information content (AvgIpc) is 3.71. The summed E-state index contributed by atoms with van der Waals surface area (Å²) in [5, 5.41) is 26.4. The van der Waals surface area contributed by atoms with Gasteiger partial charge in [0.25, 0.3) is 0 Å². The van der Waals surface area contributed by atoms with Gasteiger partial charge >= 0.3 is 0 Å². The van der Waals surface area contributed by atoms with Gasteiger partial charge in [-0.1, -0.05) is 60.1 Å². The molecule has 0 radical (unpaired) electrons. The number of hydrogen-bond donors (Lipinski definition) is 2. The summed E-state index contributed by atoms with van der Waals surface area (Å²) in [6, 6.07) is 17.0. The van der Waals surface area contributed by atoms with Crippen molar-refractivity contribution in [2.75, 3.05) is 10.6 Å². The summed E-state index contributed by atoms with van der Waals surface area (Å²) in [6.07, 6.45) is 6.04. The minimum Gasteiger partial charge on any atom is -0.377 e. The Kier molecular flexibility index (Phi) is 6.91. The van der Waals surface area contributed by atoms with Crippen molar-refractivity contribution in [1.29, 1.82) is 5.26 Å². The average molecular weight is 568 g/mol. The van der Waals surface area contributed by atoms with E-state index in [2.05, 4.69) is 43.9 Å². The van der Waals surface area contributed by atoms with Crippen LogP contribution in [0.2, 0.25) is 5.02 Å². The van der Waals surface area contributed by atoms with Crippen LogP contribution < -0.4 is 10.6 Å². The molecule has 0 saturated heterocycles. The molecule has 0 amide bonds. The Morgan fingerprint density at radius 2 is 2.00 bits per heavy atom. The van der Waals surface area contributed by atoms with Crippen molar-refractivity contribution in [3.8, 4) is 6.07 Å². The molecule has 5 aromatic rings. The Bertz CT molecular complexity index is 1820. The summed E-state index contributed by atoms with van der Waals surface area (Å²) in [7, 11) is 0. The molecule has 6 rings (SSSR count). The van der Waals surface area contributed by atoms with Crippen molar-refractivity contribution in [3.63, 3.8) is 0 Å². The van der Waals surface area contributed by atoms with Gasteiger partial charge in [0.05, 0.1) is 47.5 Å². The summed E-state index contributed by atoms with van der Waals surface area (Å²) < 4.78 is 25.4. The van der Waals surface area contributed by atoms with Crippen molar-refractivity contribution in [2.24, 2.45) is 0 Å². The quantitative estimate of drug-likeness (QED) is 0.180. The van der Waals surface area contributed by atoms with Crippen LogP contribution in [-0.2, 0) is 0 Å². The molecule has 2 aromatic carbocycles. The van der Waals surface area contributed by atoms with Crippen LogP contribution in [0.25, 0.3) is 10.9 Å². The van der Waals surface area contributed by atoms with Crippen LogP contribution >= 0.6 is 11.6 Å². The van der Waals surface area contributed by atoms with Crippen molar-refractivity contribution in [2.45, 2.75) is 51.2 Å². The fourth-order valence-electron chi connectivity index (χ4n) is 4.97. The van der Waals surface area contributed by atoms with Gasteiger partial charge in [-0.25, -0.2) is 9.67 Å². The van der Waals surface area contributed by atoms with Crippen molar-refractivity contribution < 1.29 is 5.76 Å². The van der Waals surface area contributed by atoms with Gasteiger partial charge in [0.15, 0.2) is 0 Å². The summed E-state index contributed by atoms with van der Waals surface area (Å²) in [5.74, 6) is -0.635. The molecule has 2 N–H and O–H groups in total. The third kappa shape index (κ3) is 5.43. The molecule has 206 valence electrons. The van der Waals surface area contributed by atoms with Crippen LogP contribution in [0.4, 0.5) is 15.8 Å².